The Morgan fingerprint density at radius 1 is 0.739 bits per heavy atom. The number of hydrogen-bond acceptors (Lipinski definition) is 3. The minimum absolute atomic E-state index is 0.557. The highest BCUT2D eigenvalue weighted by Gasteiger charge is 2.22. The van der Waals surface area contributed by atoms with Crippen molar-refractivity contribution in [3.05, 3.63) is 59.7 Å². The molecule has 0 bridgehead atoms. The summed E-state index contributed by atoms with van der Waals surface area (Å²) in [6, 6.07) is 16.7. The predicted molar refractivity (Wildman–Crippen MR) is 91.1 cm³/mol. The van der Waals surface area contributed by atoms with Crippen LogP contribution in [0.1, 0.15) is 11.1 Å². The highest BCUT2D eigenvalue weighted by molar-refractivity contribution is 5.36. The summed E-state index contributed by atoms with van der Waals surface area (Å²) >= 11 is 0. The highest BCUT2D eigenvalue weighted by Crippen LogP contribution is 2.28. The van der Waals surface area contributed by atoms with Crippen molar-refractivity contribution < 1.29 is 9.47 Å². The van der Waals surface area contributed by atoms with Gasteiger partial charge < -0.3 is 14.8 Å². The van der Waals surface area contributed by atoms with Crippen molar-refractivity contribution in [1.82, 2.24) is 5.32 Å². The van der Waals surface area contributed by atoms with Gasteiger partial charge in [-0.1, -0.05) is 36.4 Å². The number of ether oxygens (including phenoxy) is 2. The lowest BCUT2D eigenvalue weighted by molar-refractivity contribution is 0.199. The number of rotatable bonds is 4. The highest BCUT2D eigenvalue weighted by atomic mass is 16.5. The van der Waals surface area contributed by atoms with Gasteiger partial charge in [0.05, 0.1) is 13.2 Å². The fourth-order valence-corrected chi connectivity index (χ4v) is 3.54. The van der Waals surface area contributed by atoms with Crippen molar-refractivity contribution in [2.45, 2.75) is 12.8 Å². The Labute approximate surface area is 137 Å². The molecule has 0 saturated heterocycles. The average molecular weight is 309 g/mol. The molecule has 2 aromatic carbocycles. The Bertz CT molecular complexity index is 613. The van der Waals surface area contributed by atoms with Crippen LogP contribution in [0.3, 0.4) is 0 Å². The molecule has 0 aromatic heterocycles. The smallest absolute Gasteiger partial charge is 0.122 e. The van der Waals surface area contributed by atoms with Gasteiger partial charge in [0, 0.05) is 24.9 Å². The first-order valence-electron chi connectivity index (χ1n) is 8.50. The maximum absolute atomic E-state index is 5.86. The molecule has 4 rings (SSSR count). The van der Waals surface area contributed by atoms with Gasteiger partial charge in [0.25, 0.3) is 0 Å². The Morgan fingerprint density at radius 3 is 1.74 bits per heavy atom. The van der Waals surface area contributed by atoms with Crippen molar-refractivity contribution in [3.8, 4) is 11.5 Å². The molecule has 2 unspecified atom stereocenters. The molecule has 2 aliphatic heterocycles. The number of benzene rings is 2. The Kier molecular flexibility index (Phi) is 4.20. The van der Waals surface area contributed by atoms with E-state index in [2.05, 4.69) is 41.7 Å². The van der Waals surface area contributed by atoms with E-state index in [9.17, 15) is 0 Å². The molecule has 3 nitrogen and oxygen atoms in total. The molecule has 3 heteroatoms. The van der Waals surface area contributed by atoms with Crippen LogP contribution in [0.4, 0.5) is 0 Å². The van der Waals surface area contributed by atoms with Gasteiger partial charge in [0.1, 0.15) is 11.5 Å². The Morgan fingerprint density at radius 2 is 1.22 bits per heavy atom. The summed E-state index contributed by atoms with van der Waals surface area (Å²) < 4.78 is 11.7. The molecule has 2 atom stereocenters. The first kappa shape index (κ1) is 14.6. The lowest BCUT2D eigenvalue weighted by Gasteiger charge is -2.28. The van der Waals surface area contributed by atoms with E-state index in [4.69, 9.17) is 9.47 Å². The quantitative estimate of drug-likeness (QED) is 0.941. The second-order valence-electron chi connectivity index (χ2n) is 6.64. The second kappa shape index (κ2) is 6.63. The number of para-hydroxylation sites is 2. The van der Waals surface area contributed by atoms with Gasteiger partial charge in [0.2, 0.25) is 0 Å². The summed E-state index contributed by atoms with van der Waals surface area (Å²) in [5.41, 5.74) is 2.67. The van der Waals surface area contributed by atoms with E-state index in [-0.39, 0.29) is 0 Å². The molecule has 120 valence electrons. The van der Waals surface area contributed by atoms with E-state index in [0.717, 1.165) is 50.6 Å². The van der Waals surface area contributed by atoms with Crippen molar-refractivity contribution >= 4 is 0 Å². The fourth-order valence-electron chi connectivity index (χ4n) is 3.54. The number of hydrogen-bond donors (Lipinski definition) is 1. The average Bonchev–Trinajstić information content (AvgIpc) is 2.61. The van der Waals surface area contributed by atoms with Crippen molar-refractivity contribution in [2.24, 2.45) is 11.8 Å². The second-order valence-corrected chi connectivity index (χ2v) is 6.64. The minimum atomic E-state index is 0.557. The van der Waals surface area contributed by atoms with E-state index in [1.165, 1.54) is 11.1 Å². The van der Waals surface area contributed by atoms with E-state index in [1.54, 1.807) is 0 Å². The van der Waals surface area contributed by atoms with Crippen LogP contribution in [-0.4, -0.2) is 26.3 Å². The summed E-state index contributed by atoms with van der Waals surface area (Å²) in [6.45, 7) is 3.64. The van der Waals surface area contributed by atoms with E-state index >= 15 is 0 Å². The normalized spacial score (nSPS) is 22.4. The molecule has 0 saturated carbocycles. The summed E-state index contributed by atoms with van der Waals surface area (Å²) in [7, 11) is 0. The maximum Gasteiger partial charge on any atom is 0.122 e. The van der Waals surface area contributed by atoms with Gasteiger partial charge in [-0.05, 0) is 36.1 Å². The lowest BCUT2D eigenvalue weighted by Crippen LogP contribution is -2.36. The molecule has 0 amide bonds. The topological polar surface area (TPSA) is 30.5 Å². The molecule has 2 aliphatic rings. The van der Waals surface area contributed by atoms with Gasteiger partial charge in [-0.25, -0.2) is 0 Å². The number of fused-ring (bicyclic) bond motifs is 2. The molecule has 0 fully saturated rings. The van der Waals surface area contributed by atoms with Crippen LogP contribution < -0.4 is 14.8 Å². The van der Waals surface area contributed by atoms with Gasteiger partial charge in [-0.15, -0.1) is 0 Å². The van der Waals surface area contributed by atoms with Crippen LogP contribution in [0.2, 0.25) is 0 Å². The lowest BCUT2D eigenvalue weighted by atomic mass is 9.95. The Balaban J connectivity index is 1.26. The molecule has 0 spiro atoms. The molecular formula is C20H23NO2. The molecule has 0 aliphatic carbocycles. The third kappa shape index (κ3) is 3.35. The zero-order valence-electron chi connectivity index (χ0n) is 13.3. The van der Waals surface area contributed by atoms with Crippen LogP contribution in [0, 0.1) is 11.8 Å². The first-order chi connectivity index (χ1) is 11.4. The maximum atomic E-state index is 5.86. The summed E-state index contributed by atoms with van der Waals surface area (Å²) in [5.74, 6) is 3.23. The van der Waals surface area contributed by atoms with Crippen molar-refractivity contribution in [3.63, 3.8) is 0 Å². The van der Waals surface area contributed by atoms with Crippen LogP contribution >= 0.6 is 0 Å². The summed E-state index contributed by atoms with van der Waals surface area (Å²) in [4.78, 5) is 0. The number of nitrogens with one attached hydrogen (secondary N) is 1. The van der Waals surface area contributed by atoms with Crippen LogP contribution in [0.15, 0.2) is 48.5 Å². The van der Waals surface area contributed by atoms with Crippen LogP contribution in [-0.2, 0) is 12.8 Å². The predicted octanol–water partition coefficient (Wildman–Crippen LogP) is 3.08. The molecule has 1 N–H and O–H groups in total. The monoisotopic (exact) mass is 309 g/mol. The van der Waals surface area contributed by atoms with Crippen LogP contribution in [0.25, 0.3) is 0 Å². The van der Waals surface area contributed by atoms with Gasteiger partial charge >= 0.3 is 0 Å². The largest absolute Gasteiger partial charge is 0.493 e. The van der Waals surface area contributed by atoms with E-state index < -0.39 is 0 Å². The van der Waals surface area contributed by atoms with E-state index in [1.807, 2.05) is 12.1 Å². The van der Waals surface area contributed by atoms with Crippen molar-refractivity contribution in [2.75, 3.05) is 26.3 Å². The Hall–Kier alpha value is -2.00. The molecule has 23 heavy (non-hydrogen) atoms. The standard InChI is InChI=1S/C20H23NO2/c1-3-7-19-17(5-1)9-15(13-22-19)11-21-12-16-10-18-6-2-4-8-20(18)23-14-16/h1-8,15-16,21H,9-14H2. The fraction of sp³-hybridized carbons (Fsp3) is 0.400. The zero-order chi connectivity index (χ0) is 15.5. The third-order valence-electron chi connectivity index (χ3n) is 4.78. The van der Waals surface area contributed by atoms with Gasteiger partial charge in [-0.3, -0.25) is 0 Å². The van der Waals surface area contributed by atoms with Crippen LogP contribution in [0.5, 0.6) is 11.5 Å². The SMILES string of the molecule is c1ccc2c(c1)CC(CNCC1COc3ccccc3C1)CO2. The summed E-state index contributed by atoms with van der Waals surface area (Å²) in [5, 5.41) is 3.63. The molecular weight excluding hydrogens is 286 g/mol. The summed E-state index contributed by atoms with van der Waals surface area (Å²) in [6.07, 6.45) is 2.21. The molecule has 2 aromatic rings. The van der Waals surface area contributed by atoms with Crippen molar-refractivity contribution in [1.29, 1.82) is 0 Å². The zero-order valence-corrected chi connectivity index (χ0v) is 13.3. The van der Waals surface area contributed by atoms with E-state index in [0.29, 0.717) is 11.8 Å². The first-order valence-corrected chi connectivity index (χ1v) is 8.50. The van der Waals surface area contributed by atoms with Gasteiger partial charge in [-0.2, -0.15) is 0 Å². The molecule has 2 heterocycles. The van der Waals surface area contributed by atoms with Gasteiger partial charge in [0.15, 0.2) is 0 Å². The molecule has 0 radical (unpaired) electrons. The minimum Gasteiger partial charge on any atom is -0.493 e. The third-order valence-corrected chi connectivity index (χ3v) is 4.78.